The Bertz CT molecular complexity index is 1300. The minimum atomic E-state index is -2.75. The van der Waals surface area contributed by atoms with Gasteiger partial charge in [0.25, 0.3) is 6.43 Å². The highest BCUT2D eigenvalue weighted by Gasteiger charge is 2.26. The Morgan fingerprint density at radius 3 is 2.55 bits per heavy atom. The van der Waals surface area contributed by atoms with Gasteiger partial charge in [-0.25, -0.2) is 13.8 Å². The van der Waals surface area contributed by atoms with Crippen LogP contribution >= 0.6 is 0 Å². The lowest BCUT2D eigenvalue weighted by Crippen LogP contribution is -2.39. The van der Waals surface area contributed by atoms with Gasteiger partial charge < -0.3 is 20.1 Å². The van der Waals surface area contributed by atoms with E-state index in [1.807, 2.05) is 13.0 Å². The number of aromatic nitrogens is 4. The quantitative estimate of drug-likeness (QED) is 0.324. The summed E-state index contributed by atoms with van der Waals surface area (Å²) >= 11 is 0. The van der Waals surface area contributed by atoms with Crippen LogP contribution in [0, 0.1) is 5.92 Å². The van der Waals surface area contributed by atoms with Crippen LogP contribution in [0.3, 0.4) is 0 Å². The molecule has 0 spiro atoms. The van der Waals surface area contributed by atoms with Crippen LogP contribution in [-0.4, -0.2) is 81.5 Å². The third kappa shape index (κ3) is 6.36. The Balaban J connectivity index is 1.36. The number of nitrogens with one attached hydrogen (secondary N) is 1. The fourth-order valence-electron chi connectivity index (χ4n) is 5.81. The molecule has 2 fully saturated rings. The highest BCUT2D eigenvalue weighted by Crippen LogP contribution is 2.31. The number of alkyl halides is 2. The van der Waals surface area contributed by atoms with Crippen LogP contribution in [0.1, 0.15) is 51.8 Å². The summed E-state index contributed by atoms with van der Waals surface area (Å²) < 4.78 is 35.2. The van der Waals surface area contributed by atoms with Crippen LogP contribution in [0.2, 0.25) is 0 Å². The van der Waals surface area contributed by atoms with Crippen molar-refractivity contribution >= 4 is 22.8 Å². The molecule has 0 radical (unpaired) electrons. The fraction of sp³-hybridized carbons (Fsp3) is 0.552. The first kappa shape index (κ1) is 28.2. The summed E-state index contributed by atoms with van der Waals surface area (Å²) in [5.74, 6) is 1.62. The molecular formula is C29H39F2N7O2. The highest BCUT2D eigenvalue weighted by molar-refractivity contribution is 5.78. The van der Waals surface area contributed by atoms with Gasteiger partial charge in [0.1, 0.15) is 11.6 Å². The number of halogens is 2. The van der Waals surface area contributed by atoms with Crippen molar-refractivity contribution in [2.45, 2.75) is 52.0 Å². The summed E-state index contributed by atoms with van der Waals surface area (Å²) in [6.45, 7) is 9.09. The number of rotatable bonds is 10. The van der Waals surface area contributed by atoms with Crippen LogP contribution in [0.4, 0.5) is 20.5 Å². The van der Waals surface area contributed by atoms with Crippen LogP contribution in [0.5, 0.6) is 0 Å². The van der Waals surface area contributed by atoms with E-state index in [9.17, 15) is 13.9 Å². The second-order valence-corrected chi connectivity index (χ2v) is 10.7. The van der Waals surface area contributed by atoms with Crippen LogP contribution in [0.25, 0.3) is 16.9 Å². The maximum Gasteiger partial charge on any atom is 0.296 e. The number of anilines is 2. The third-order valence-corrected chi connectivity index (χ3v) is 8.01. The summed E-state index contributed by atoms with van der Waals surface area (Å²) in [4.78, 5) is 18.3. The molecule has 2 aliphatic rings. The van der Waals surface area contributed by atoms with Crippen molar-refractivity contribution in [3.63, 3.8) is 0 Å². The van der Waals surface area contributed by atoms with E-state index >= 15 is 0 Å². The lowest BCUT2D eigenvalue weighted by atomic mass is 9.85. The Hall–Kier alpha value is -3.31. The second-order valence-electron chi connectivity index (χ2n) is 10.7. The van der Waals surface area contributed by atoms with Crippen molar-refractivity contribution in [1.29, 1.82) is 0 Å². The van der Waals surface area contributed by atoms with E-state index < -0.39 is 6.43 Å². The number of fused-ring (bicyclic) bond motifs is 1. The van der Waals surface area contributed by atoms with E-state index in [4.69, 9.17) is 14.7 Å². The second kappa shape index (κ2) is 12.9. The van der Waals surface area contributed by atoms with Gasteiger partial charge in [0.2, 0.25) is 5.95 Å². The number of para-hydroxylation sites is 2. The average molecular weight is 556 g/mol. The molecule has 1 aromatic carbocycles. The minimum Gasteiger partial charge on any atom is -0.516 e. The zero-order chi connectivity index (χ0) is 28.1. The molecule has 1 saturated heterocycles. The SMILES string of the molecule is CCN(C/C(C)=C/O)[C@H]1CC[C@H](CNc2nc(N3CCOCC3)cc(-n3c(C(F)F)nc4ccccc43)n2)CC1. The number of aliphatic hydroxyl groups excluding tert-OH is 1. The first-order chi connectivity index (χ1) is 19.5. The molecule has 0 amide bonds. The van der Waals surface area contributed by atoms with Crippen molar-refractivity contribution in [2.24, 2.45) is 5.92 Å². The summed E-state index contributed by atoms with van der Waals surface area (Å²) in [5, 5.41) is 12.7. The monoisotopic (exact) mass is 555 g/mol. The van der Waals surface area contributed by atoms with E-state index in [0.29, 0.717) is 73.4 Å². The van der Waals surface area contributed by atoms with E-state index in [0.717, 1.165) is 44.3 Å². The number of morpholine rings is 1. The normalized spacial score (nSPS) is 20.6. The number of likely N-dealkylation sites (N-methyl/N-ethyl adjacent to an activating group) is 1. The average Bonchev–Trinajstić information content (AvgIpc) is 3.39. The van der Waals surface area contributed by atoms with E-state index in [-0.39, 0.29) is 5.82 Å². The summed E-state index contributed by atoms with van der Waals surface area (Å²) in [6.07, 6.45) is 2.80. The molecule has 0 atom stereocenters. The topological polar surface area (TPSA) is 91.6 Å². The molecule has 11 heteroatoms. The first-order valence-corrected chi connectivity index (χ1v) is 14.2. The predicted octanol–water partition coefficient (Wildman–Crippen LogP) is 5.34. The summed E-state index contributed by atoms with van der Waals surface area (Å²) in [7, 11) is 0. The number of benzene rings is 1. The molecule has 9 nitrogen and oxygen atoms in total. The molecule has 1 saturated carbocycles. The molecule has 3 aromatic rings. The van der Waals surface area contributed by atoms with E-state index in [1.54, 1.807) is 24.3 Å². The Morgan fingerprint density at radius 2 is 1.85 bits per heavy atom. The standard InChI is InChI=1S/C29H39F2N7O2/c1-3-36(18-20(2)19-39)22-10-8-21(9-11-22)17-32-29-34-25(37-12-14-40-15-13-37)16-26(35-29)38-24-7-5-4-6-23(24)33-28(38)27(30)31/h4-7,16,19,21-22,27,39H,3,8-15,17-18H2,1-2H3,(H,32,34,35)/b20-19+/t21-,22-. The van der Waals surface area contributed by atoms with Crippen LogP contribution in [-0.2, 0) is 4.74 Å². The van der Waals surface area contributed by atoms with Crippen LogP contribution < -0.4 is 10.2 Å². The predicted molar refractivity (Wildman–Crippen MR) is 153 cm³/mol. The minimum absolute atomic E-state index is 0.330. The number of aliphatic hydroxyl groups is 1. The van der Waals surface area contributed by atoms with Crippen molar-refractivity contribution in [3.05, 3.63) is 48.0 Å². The molecule has 0 unspecified atom stereocenters. The first-order valence-electron chi connectivity index (χ1n) is 14.2. The van der Waals surface area contributed by atoms with Crippen molar-refractivity contribution in [3.8, 4) is 5.82 Å². The molecule has 2 N–H and O–H groups in total. The van der Waals surface area contributed by atoms with Crippen molar-refractivity contribution in [1.82, 2.24) is 24.4 Å². The van der Waals surface area contributed by atoms with Gasteiger partial charge in [-0.05, 0) is 62.8 Å². The lowest BCUT2D eigenvalue weighted by Gasteiger charge is -2.36. The molecular weight excluding hydrogens is 516 g/mol. The maximum atomic E-state index is 14.1. The van der Waals surface area contributed by atoms with Crippen LogP contribution in [0.15, 0.2) is 42.2 Å². The largest absolute Gasteiger partial charge is 0.516 e. The Kier molecular flexibility index (Phi) is 9.11. The van der Waals surface area contributed by atoms with Gasteiger partial charge in [0.15, 0.2) is 5.82 Å². The zero-order valence-corrected chi connectivity index (χ0v) is 23.3. The van der Waals surface area contributed by atoms with Gasteiger partial charge >= 0.3 is 0 Å². The third-order valence-electron chi connectivity index (χ3n) is 8.01. The smallest absolute Gasteiger partial charge is 0.296 e. The van der Waals surface area contributed by atoms with Crippen molar-refractivity contribution in [2.75, 3.05) is 56.2 Å². The maximum absolute atomic E-state index is 14.1. The number of nitrogens with zero attached hydrogens (tertiary/aromatic N) is 6. The molecule has 0 bridgehead atoms. The fourth-order valence-corrected chi connectivity index (χ4v) is 5.81. The molecule has 1 aliphatic carbocycles. The molecule has 2 aromatic heterocycles. The number of hydrogen-bond acceptors (Lipinski definition) is 8. The molecule has 5 rings (SSSR count). The number of imidazole rings is 1. The van der Waals surface area contributed by atoms with E-state index in [1.165, 1.54) is 10.8 Å². The Labute approximate surface area is 233 Å². The summed E-state index contributed by atoms with van der Waals surface area (Å²) in [5.41, 5.74) is 2.06. The van der Waals surface area contributed by atoms with Gasteiger partial charge in [-0.15, -0.1) is 0 Å². The van der Waals surface area contributed by atoms with Gasteiger partial charge in [-0.1, -0.05) is 19.1 Å². The molecule has 1 aliphatic heterocycles. The van der Waals surface area contributed by atoms with E-state index in [2.05, 4.69) is 27.0 Å². The zero-order valence-electron chi connectivity index (χ0n) is 23.3. The lowest BCUT2D eigenvalue weighted by molar-refractivity contribution is 0.122. The van der Waals surface area contributed by atoms with Gasteiger partial charge in [-0.3, -0.25) is 9.47 Å². The highest BCUT2D eigenvalue weighted by atomic mass is 19.3. The Morgan fingerprint density at radius 1 is 1.12 bits per heavy atom. The van der Waals surface area contributed by atoms with Gasteiger partial charge in [0, 0.05) is 38.3 Å². The van der Waals surface area contributed by atoms with Gasteiger partial charge in [0.05, 0.1) is 30.5 Å². The molecule has 40 heavy (non-hydrogen) atoms. The number of ether oxygens (including phenoxy) is 1. The van der Waals surface area contributed by atoms with Gasteiger partial charge in [-0.2, -0.15) is 9.97 Å². The molecule has 3 heterocycles. The van der Waals surface area contributed by atoms with Crippen molar-refractivity contribution < 1.29 is 18.6 Å². The summed E-state index contributed by atoms with van der Waals surface area (Å²) in [6, 6.07) is 9.40. The number of hydrogen-bond donors (Lipinski definition) is 2. The molecule has 216 valence electrons.